The number of carbonyl (C=O) groups excluding carboxylic acids is 1. The SMILES string of the molecule is CCCN(C)C[C@@H]1CCN([C@H](C)C(=O)Nc2sc3c(c2C#N)CCCCC3)C1. The number of aryl methyl sites for hydroxylation is 1. The van der Waals surface area contributed by atoms with Gasteiger partial charge in [0, 0.05) is 18.0 Å². The molecule has 3 rings (SSSR count). The van der Waals surface area contributed by atoms with Gasteiger partial charge in [-0.15, -0.1) is 11.3 Å². The standard InChI is InChI=1S/C22H34N4OS/c1-4-11-25(3)14-17-10-12-26(15-17)16(2)21(27)24-22-19(13-23)18-8-6-5-7-9-20(18)28-22/h16-17H,4-12,14-15H2,1-3H3,(H,24,27)/t16-,17+/m1/s1. The summed E-state index contributed by atoms with van der Waals surface area (Å²) in [5, 5.41) is 13.5. The smallest absolute Gasteiger partial charge is 0.242 e. The van der Waals surface area contributed by atoms with Crippen molar-refractivity contribution in [3.8, 4) is 6.07 Å². The predicted octanol–water partition coefficient (Wildman–Crippen LogP) is 3.88. The largest absolute Gasteiger partial charge is 0.315 e. The molecule has 1 amide bonds. The lowest BCUT2D eigenvalue weighted by molar-refractivity contribution is -0.120. The quantitative estimate of drug-likeness (QED) is 0.703. The highest BCUT2D eigenvalue weighted by Gasteiger charge is 2.31. The lowest BCUT2D eigenvalue weighted by Gasteiger charge is -2.24. The average molecular weight is 403 g/mol. The molecule has 1 fully saturated rings. The Labute approximate surface area is 173 Å². The van der Waals surface area contributed by atoms with E-state index in [9.17, 15) is 10.1 Å². The van der Waals surface area contributed by atoms with E-state index in [1.807, 2.05) is 6.92 Å². The minimum absolute atomic E-state index is 0.0236. The van der Waals surface area contributed by atoms with Crippen LogP contribution >= 0.6 is 11.3 Å². The number of nitrogens with zero attached hydrogens (tertiary/aromatic N) is 3. The third-order valence-electron chi connectivity index (χ3n) is 6.19. The molecule has 0 radical (unpaired) electrons. The number of amides is 1. The monoisotopic (exact) mass is 402 g/mol. The number of rotatable bonds is 7. The van der Waals surface area contributed by atoms with Crippen molar-refractivity contribution in [2.24, 2.45) is 5.92 Å². The summed E-state index contributed by atoms with van der Waals surface area (Å²) in [6.07, 6.45) is 7.90. The number of carbonyl (C=O) groups is 1. The van der Waals surface area contributed by atoms with Crippen LogP contribution in [0.15, 0.2) is 0 Å². The molecule has 2 atom stereocenters. The van der Waals surface area contributed by atoms with Gasteiger partial charge in [-0.3, -0.25) is 9.69 Å². The fraction of sp³-hybridized carbons (Fsp3) is 0.727. The normalized spacial score (nSPS) is 21.2. The minimum Gasteiger partial charge on any atom is -0.315 e. The van der Waals surface area contributed by atoms with Gasteiger partial charge in [-0.1, -0.05) is 13.3 Å². The van der Waals surface area contributed by atoms with Crippen LogP contribution in [0.25, 0.3) is 0 Å². The zero-order chi connectivity index (χ0) is 20.1. The van der Waals surface area contributed by atoms with Crippen LogP contribution in [-0.4, -0.2) is 55.0 Å². The minimum atomic E-state index is -0.157. The Morgan fingerprint density at radius 1 is 1.39 bits per heavy atom. The molecule has 1 aromatic heterocycles. The van der Waals surface area contributed by atoms with Gasteiger partial charge >= 0.3 is 0 Å². The third-order valence-corrected chi connectivity index (χ3v) is 7.40. The Hall–Kier alpha value is -1.42. The molecule has 0 aromatic carbocycles. The van der Waals surface area contributed by atoms with E-state index in [0.29, 0.717) is 11.5 Å². The second kappa shape index (κ2) is 9.87. The highest BCUT2D eigenvalue weighted by molar-refractivity contribution is 7.16. The number of thiophene rings is 1. The fourth-order valence-corrected chi connectivity index (χ4v) is 5.85. The van der Waals surface area contributed by atoms with Crippen LogP contribution in [0.4, 0.5) is 5.00 Å². The number of nitrogens with one attached hydrogen (secondary N) is 1. The first-order valence-electron chi connectivity index (χ1n) is 10.8. The second-order valence-electron chi connectivity index (χ2n) is 8.46. The molecule has 0 spiro atoms. The molecular formula is C22H34N4OS. The van der Waals surface area contributed by atoms with Gasteiger partial charge in [-0.2, -0.15) is 5.26 Å². The van der Waals surface area contributed by atoms with E-state index in [0.717, 1.165) is 56.9 Å². The summed E-state index contributed by atoms with van der Waals surface area (Å²) in [6.45, 7) is 8.41. The molecule has 0 unspecified atom stereocenters. The summed E-state index contributed by atoms with van der Waals surface area (Å²) in [7, 11) is 2.19. The Bertz CT molecular complexity index is 723. The highest BCUT2D eigenvalue weighted by Crippen LogP contribution is 2.37. The van der Waals surface area contributed by atoms with E-state index in [1.165, 1.54) is 29.7 Å². The van der Waals surface area contributed by atoms with Crippen molar-refractivity contribution in [3.63, 3.8) is 0 Å². The molecule has 2 aliphatic rings. The van der Waals surface area contributed by atoms with Gasteiger partial charge < -0.3 is 10.2 Å². The van der Waals surface area contributed by atoms with Gasteiger partial charge in [0.2, 0.25) is 5.91 Å². The third kappa shape index (κ3) is 4.94. The Kier molecular flexibility index (Phi) is 7.50. The lowest BCUT2D eigenvalue weighted by atomic mass is 10.1. The van der Waals surface area contributed by atoms with Crippen molar-refractivity contribution in [2.75, 3.05) is 38.5 Å². The molecule has 1 aliphatic heterocycles. The maximum absolute atomic E-state index is 12.9. The summed E-state index contributed by atoms with van der Waals surface area (Å²) < 4.78 is 0. The zero-order valence-corrected chi connectivity index (χ0v) is 18.4. The topological polar surface area (TPSA) is 59.4 Å². The van der Waals surface area contributed by atoms with Crippen LogP contribution < -0.4 is 5.32 Å². The summed E-state index contributed by atoms with van der Waals surface area (Å²) in [5.74, 6) is 0.662. The molecule has 0 bridgehead atoms. The van der Waals surface area contributed by atoms with Crippen molar-refractivity contribution < 1.29 is 4.79 Å². The Morgan fingerprint density at radius 2 is 2.18 bits per heavy atom. The molecule has 1 aliphatic carbocycles. The molecule has 6 heteroatoms. The molecule has 1 aromatic rings. The molecule has 1 saturated heterocycles. The molecular weight excluding hydrogens is 368 g/mol. The summed E-state index contributed by atoms with van der Waals surface area (Å²) in [4.78, 5) is 18.9. The van der Waals surface area contributed by atoms with Crippen LogP contribution in [0.1, 0.15) is 62.0 Å². The van der Waals surface area contributed by atoms with Crippen LogP contribution in [0.5, 0.6) is 0 Å². The first kappa shape index (κ1) is 21.3. The van der Waals surface area contributed by atoms with Crippen LogP contribution in [0, 0.1) is 17.2 Å². The second-order valence-corrected chi connectivity index (χ2v) is 9.56. The zero-order valence-electron chi connectivity index (χ0n) is 17.6. The van der Waals surface area contributed by atoms with Crippen LogP contribution in [-0.2, 0) is 17.6 Å². The van der Waals surface area contributed by atoms with E-state index in [2.05, 4.69) is 35.2 Å². The van der Waals surface area contributed by atoms with Crippen molar-refractivity contribution in [2.45, 2.75) is 64.8 Å². The van der Waals surface area contributed by atoms with Gasteiger partial charge in [0.1, 0.15) is 11.1 Å². The number of likely N-dealkylation sites (tertiary alicyclic amines) is 1. The highest BCUT2D eigenvalue weighted by atomic mass is 32.1. The molecule has 2 heterocycles. The molecule has 0 saturated carbocycles. The molecule has 5 nitrogen and oxygen atoms in total. The molecule has 28 heavy (non-hydrogen) atoms. The van der Waals surface area contributed by atoms with E-state index in [-0.39, 0.29) is 11.9 Å². The van der Waals surface area contributed by atoms with Crippen molar-refractivity contribution >= 4 is 22.2 Å². The van der Waals surface area contributed by atoms with Crippen LogP contribution in [0.2, 0.25) is 0 Å². The lowest BCUT2D eigenvalue weighted by Crippen LogP contribution is -2.41. The maximum Gasteiger partial charge on any atom is 0.242 e. The maximum atomic E-state index is 12.9. The van der Waals surface area contributed by atoms with E-state index in [4.69, 9.17) is 0 Å². The number of hydrogen-bond donors (Lipinski definition) is 1. The van der Waals surface area contributed by atoms with E-state index in [1.54, 1.807) is 11.3 Å². The van der Waals surface area contributed by atoms with Crippen LogP contribution in [0.3, 0.4) is 0 Å². The number of anilines is 1. The van der Waals surface area contributed by atoms with E-state index < -0.39 is 0 Å². The van der Waals surface area contributed by atoms with Crippen molar-refractivity contribution in [3.05, 3.63) is 16.0 Å². The van der Waals surface area contributed by atoms with Gasteiger partial charge in [-0.05, 0) is 77.1 Å². The van der Waals surface area contributed by atoms with Gasteiger partial charge in [0.05, 0.1) is 11.6 Å². The van der Waals surface area contributed by atoms with Gasteiger partial charge in [0.15, 0.2) is 0 Å². The average Bonchev–Trinajstić information content (AvgIpc) is 3.18. The number of hydrogen-bond acceptors (Lipinski definition) is 5. The van der Waals surface area contributed by atoms with Gasteiger partial charge in [0.25, 0.3) is 0 Å². The Morgan fingerprint density at radius 3 is 2.93 bits per heavy atom. The summed E-state index contributed by atoms with van der Waals surface area (Å²) >= 11 is 1.62. The summed E-state index contributed by atoms with van der Waals surface area (Å²) in [6, 6.07) is 2.21. The fourth-order valence-electron chi connectivity index (χ4n) is 4.61. The predicted molar refractivity (Wildman–Crippen MR) is 116 cm³/mol. The summed E-state index contributed by atoms with van der Waals surface area (Å²) in [5.41, 5.74) is 1.90. The van der Waals surface area contributed by atoms with E-state index >= 15 is 0 Å². The molecule has 1 N–H and O–H groups in total. The first-order chi connectivity index (χ1) is 13.5. The number of fused-ring (bicyclic) bond motifs is 1. The Balaban J connectivity index is 1.60. The molecule has 154 valence electrons. The van der Waals surface area contributed by atoms with Crippen molar-refractivity contribution in [1.29, 1.82) is 5.26 Å². The van der Waals surface area contributed by atoms with Gasteiger partial charge in [-0.25, -0.2) is 0 Å². The number of nitriles is 1. The van der Waals surface area contributed by atoms with Crippen molar-refractivity contribution in [1.82, 2.24) is 9.80 Å². The first-order valence-corrected chi connectivity index (χ1v) is 11.6.